The average Bonchev–Trinajstić information content (AvgIpc) is 2.74. The van der Waals surface area contributed by atoms with E-state index >= 15 is 0 Å². The summed E-state index contributed by atoms with van der Waals surface area (Å²) in [7, 11) is 0.188. The Morgan fingerprint density at radius 3 is 1.67 bits per heavy atom. The third-order valence-corrected chi connectivity index (χ3v) is 7.48. The molecule has 0 aliphatic rings. The van der Waals surface area contributed by atoms with Gasteiger partial charge in [-0.1, -0.05) is 71.8 Å². The Balaban J connectivity index is 0. The summed E-state index contributed by atoms with van der Waals surface area (Å²) in [5.74, 6) is 0. The molecule has 172 valence electrons. The normalized spacial score (nSPS) is 9.87. The van der Waals surface area contributed by atoms with E-state index in [4.69, 9.17) is 0 Å². The predicted octanol–water partition coefficient (Wildman–Crippen LogP) is 8.52. The fourth-order valence-electron chi connectivity index (χ4n) is 2.73. The second-order valence-corrected chi connectivity index (χ2v) is 14.1. The summed E-state index contributed by atoms with van der Waals surface area (Å²) in [5, 5.41) is 0. The molecule has 2 aromatic rings. The first-order valence-corrected chi connectivity index (χ1v) is 16.7. The van der Waals surface area contributed by atoms with Crippen LogP contribution in [0.3, 0.4) is 0 Å². The van der Waals surface area contributed by atoms with Crippen molar-refractivity contribution in [2.45, 2.75) is 78.9 Å². The molecule has 0 N–H and O–H groups in total. The van der Waals surface area contributed by atoms with Gasteiger partial charge in [-0.2, -0.15) is 0 Å². The molecule has 1 aromatic heterocycles. The summed E-state index contributed by atoms with van der Waals surface area (Å²) in [6.45, 7) is 13.8. The van der Waals surface area contributed by atoms with E-state index in [1.165, 1.54) is 38.5 Å². The molecule has 0 unspecified atom stereocenters. The molecule has 0 amide bonds. The average molecular weight is 623 g/mol. The van der Waals surface area contributed by atoms with Gasteiger partial charge in [-0.15, -0.1) is 35.9 Å². The van der Waals surface area contributed by atoms with Crippen molar-refractivity contribution in [3.63, 3.8) is 0 Å². The monoisotopic (exact) mass is 623 g/mol. The van der Waals surface area contributed by atoms with Crippen molar-refractivity contribution in [2.24, 2.45) is 0 Å². The summed E-state index contributed by atoms with van der Waals surface area (Å²) in [4.78, 5) is 4.22. The van der Waals surface area contributed by atoms with Crippen LogP contribution >= 0.6 is 7.92 Å². The first-order chi connectivity index (χ1) is 14.0. The van der Waals surface area contributed by atoms with Gasteiger partial charge in [0.2, 0.25) is 0 Å². The smallest absolute Gasteiger partial charge is 0.0571 e. The molecule has 0 bridgehead atoms. The van der Waals surface area contributed by atoms with E-state index in [0.29, 0.717) is 0 Å². The molecule has 1 nitrogen and oxygen atoms in total. The maximum absolute atomic E-state index is 4.22. The van der Waals surface area contributed by atoms with Crippen molar-refractivity contribution in [1.82, 2.24) is 4.98 Å². The number of benzene rings is 1. The summed E-state index contributed by atoms with van der Waals surface area (Å²) in [5.41, 5.74) is 2.01. The zero-order chi connectivity index (χ0) is 21.7. The third-order valence-electron chi connectivity index (χ3n) is 4.30. The maximum atomic E-state index is 4.22. The predicted molar refractivity (Wildman–Crippen MR) is 139 cm³/mol. The van der Waals surface area contributed by atoms with Crippen LogP contribution in [-0.4, -0.2) is 32.3 Å². The summed E-state index contributed by atoms with van der Waals surface area (Å²) < 4.78 is 0. The van der Waals surface area contributed by atoms with E-state index in [1.807, 2.05) is 42.5 Å². The Labute approximate surface area is 204 Å². The maximum Gasteiger partial charge on any atom is 0.0571 e. The number of unbranched alkanes of at least 4 members (excludes halogenated alkanes) is 3. The van der Waals surface area contributed by atoms with E-state index in [0.717, 1.165) is 11.3 Å². The van der Waals surface area contributed by atoms with E-state index in [2.05, 4.69) is 51.5 Å². The molecule has 0 fully saturated rings. The number of rotatable bonds is 10. The number of hydrogen-bond donors (Lipinski definition) is 0. The molecule has 30 heavy (non-hydrogen) atoms. The van der Waals surface area contributed by atoms with Crippen LogP contribution in [0.4, 0.5) is 0 Å². The minimum Gasteiger partial charge on any atom is -0.305 e. The second kappa shape index (κ2) is 23.3. The Bertz CT molecular complexity index is 506. The molecule has 0 atom stereocenters. The van der Waals surface area contributed by atoms with Crippen LogP contribution in [0.25, 0.3) is 11.3 Å². The van der Waals surface area contributed by atoms with Crippen LogP contribution in [0.1, 0.15) is 59.3 Å². The van der Waals surface area contributed by atoms with E-state index < -0.39 is 0 Å². The van der Waals surface area contributed by atoms with Gasteiger partial charge in [0.05, 0.1) is 18.5 Å². The Morgan fingerprint density at radius 2 is 1.30 bits per heavy atom. The van der Waals surface area contributed by atoms with Crippen LogP contribution in [0.2, 0.25) is 19.6 Å². The Morgan fingerprint density at radius 1 is 0.800 bits per heavy atom. The fourth-order valence-corrected chi connectivity index (χ4v) is 6.04. The molecule has 0 aliphatic carbocycles. The molecule has 0 saturated heterocycles. The van der Waals surface area contributed by atoms with Crippen LogP contribution in [0.5, 0.6) is 0 Å². The topological polar surface area (TPSA) is 12.9 Å². The van der Waals surface area contributed by atoms with Crippen molar-refractivity contribution in [2.75, 3.05) is 18.5 Å². The Hall–Kier alpha value is -0.334. The van der Waals surface area contributed by atoms with Crippen LogP contribution in [-0.2, 0) is 20.1 Å². The molecule has 4 heteroatoms. The van der Waals surface area contributed by atoms with Gasteiger partial charge in [-0.25, -0.2) is 0 Å². The van der Waals surface area contributed by atoms with Gasteiger partial charge in [-0.3, -0.25) is 0 Å². The van der Waals surface area contributed by atoms with E-state index in [-0.39, 0.29) is 36.8 Å². The molecule has 2 radical (unpaired) electrons. The second-order valence-electron chi connectivity index (χ2n) is 8.05. The minimum absolute atomic E-state index is 0. The zero-order valence-corrected chi connectivity index (χ0v) is 24.7. The summed E-state index contributed by atoms with van der Waals surface area (Å²) in [6.07, 6.45) is 15.2. The number of hydrogen-bond acceptors (Lipinski definition) is 1. The van der Waals surface area contributed by atoms with E-state index in [9.17, 15) is 0 Å². The van der Waals surface area contributed by atoms with Gasteiger partial charge in [-0.05, 0) is 31.0 Å². The van der Waals surface area contributed by atoms with Gasteiger partial charge in [0.15, 0.2) is 0 Å². The van der Waals surface area contributed by atoms with Gasteiger partial charge in [0.1, 0.15) is 0 Å². The van der Waals surface area contributed by atoms with Crippen molar-refractivity contribution in [1.29, 1.82) is 0 Å². The molecule has 2 rings (SSSR count). The van der Waals surface area contributed by atoms with Crippen LogP contribution in [0, 0.1) is 6.07 Å². The van der Waals surface area contributed by atoms with Gasteiger partial charge >= 0.3 is 0 Å². The Kier molecular flexibility index (Phi) is 24.8. The number of aromatic nitrogens is 1. The summed E-state index contributed by atoms with van der Waals surface area (Å²) >= 11 is 0. The zero-order valence-electron chi connectivity index (χ0n) is 20.3. The summed E-state index contributed by atoms with van der Waals surface area (Å²) in [6, 6.07) is 16.8. The van der Waals surface area contributed by atoms with Crippen molar-refractivity contribution >= 4 is 16.7 Å². The molecule has 0 saturated carbocycles. The molecular formula is C26H45IrNPSi. The van der Waals surface area contributed by atoms with Gasteiger partial charge in [0, 0.05) is 43.0 Å². The van der Waals surface area contributed by atoms with Gasteiger partial charge < -0.3 is 4.98 Å². The van der Waals surface area contributed by atoms with Gasteiger partial charge in [0.25, 0.3) is 0 Å². The first kappa shape index (κ1) is 31.8. The molecule has 0 aliphatic heterocycles. The van der Waals surface area contributed by atoms with Crippen molar-refractivity contribution in [3.05, 3.63) is 54.7 Å². The standard InChI is InChI=1S/C12H27P.C11H8N.C3H9Si.Ir/c1-4-7-10-13(11-8-5-2)12-9-6-3;1-2-6-10(7-3-1)11-8-4-5-9-12-11;1-4(2)3;/h4-12H2,1-3H3;1-6,8-9H;1-3H3;/q;-1;;/p+1. The first-order valence-electron chi connectivity index (χ1n) is 11.5. The largest absolute Gasteiger partial charge is 0.305 e. The van der Waals surface area contributed by atoms with E-state index in [1.54, 1.807) is 24.7 Å². The molecule has 0 spiro atoms. The molecule has 1 aromatic carbocycles. The quantitative estimate of drug-likeness (QED) is 0.147. The van der Waals surface area contributed by atoms with Crippen molar-refractivity contribution < 1.29 is 20.1 Å². The SMILES string of the molecule is CCCC[PH+](CCCC)CCCC.C[Si](C)C.[Ir].[c-]1ccccc1-c1ccccn1. The molecular weight excluding hydrogens is 578 g/mol. The minimum atomic E-state index is 0. The van der Waals surface area contributed by atoms with Crippen molar-refractivity contribution in [3.8, 4) is 11.3 Å². The molecule has 1 heterocycles. The van der Waals surface area contributed by atoms with Crippen LogP contribution in [0.15, 0.2) is 48.7 Å². The third kappa shape index (κ3) is 19.6. The number of pyridine rings is 1. The fraction of sp³-hybridized carbons (Fsp3) is 0.577. The number of nitrogens with zero attached hydrogens (tertiary/aromatic N) is 1. The van der Waals surface area contributed by atoms with Crippen LogP contribution < -0.4 is 0 Å².